The average molecular weight is 235 g/mol. The molecule has 0 aromatic heterocycles. The smallest absolute Gasteiger partial charge is 0.228 e. The molecular formula is C12H17N3O2. The van der Waals surface area contributed by atoms with Crippen LogP contribution >= 0.6 is 0 Å². The van der Waals surface area contributed by atoms with Gasteiger partial charge in [-0.1, -0.05) is 18.2 Å². The van der Waals surface area contributed by atoms with Crippen LogP contribution in [0.5, 0.6) is 0 Å². The summed E-state index contributed by atoms with van der Waals surface area (Å²) in [5, 5.41) is 0. The van der Waals surface area contributed by atoms with Crippen LogP contribution in [-0.4, -0.2) is 24.9 Å². The van der Waals surface area contributed by atoms with E-state index in [9.17, 15) is 9.59 Å². The lowest BCUT2D eigenvalue weighted by Crippen LogP contribution is -2.35. The monoisotopic (exact) mass is 235 g/mol. The molecule has 0 saturated carbocycles. The minimum absolute atomic E-state index is 0.0973. The fourth-order valence-corrected chi connectivity index (χ4v) is 1.49. The molecule has 0 atom stereocenters. The van der Waals surface area contributed by atoms with Crippen molar-refractivity contribution < 1.29 is 9.59 Å². The standard InChI is InChI=1S/C12H17N3O2/c13-8-6-12(17)15(9-7-11(14)16)10-4-2-1-3-5-10/h1-5H,6-9,13H2,(H2,14,16). The molecule has 5 nitrogen and oxygen atoms in total. The maximum Gasteiger partial charge on any atom is 0.228 e. The van der Waals surface area contributed by atoms with Crippen LogP contribution < -0.4 is 16.4 Å². The van der Waals surface area contributed by atoms with E-state index in [1.165, 1.54) is 4.90 Å². The van der Waals surface area contributed by atoms with Crippen LogP contribution in [-0.2, 0) is 9.59 Å². The number of amides is 2. The van der Waals surface area contributed by atoms with Gasteiger partial charge in [-0.15, -0.1) is 0 Å². The lowest BCUT2D eigenvalue weighted by atomic mass is 10.2. The van der Waals surface area contributed by atoms with Gasteiger partial charge in [-0.05, 0) is 12.1 Å². The normalized spacial score (nSPS) is 9.94. The van der Waals surface area contributed by atoms with E-state index in [1.807, 2.05) is 30.3 Å². The van der Waals surface area contributed by atoms with Crippen LogP contribution in [0.15, 0.2) is 30.3 Å². The van der Waals surface area contributed by atoms with E-state index >= 15 is 0 Å². The second kappa shape index (κ2) is 6.65. The summed E-state index contributed by atoms with van der Waals surface area (Å²) in [6.45, 7) is 0.580. The quantitative estimate of drug-likeness (QED) is 0.740. The molecule has 0 aliphatic rings. The van der Waals surface area contributed by atoms with Crippen molar-refractivity contribution in [3.63, 3.8) is 0 Å². The van der Waals surface area contributed by atoms with Crippen molar-refractivity contribution in [3.05, 3.63) is 30.3 Å². The number of nitrogens with zero attached hydrogens (tertiary/aromatic N) is 1. The number of benzene rings is 1. The molecule has 0 spiro atoms. The molecule has 1 aromatic rings. The molecule has 5 heteroatoms. The molecule has 0 aliphatic heterocycles. The number of primary amides is 1. The zero-order chi connectivity index (χ0) is 12.7. The minimum atomic E-state index is -0.425. The molecular weight excluding hydrogens is 218 g/mol. The number of rotatable bonds is 6. The van der Waals surface area contributed by atoms with Gasteiger partial charge < -0.3 is 16.4 Å². The summed E-state index contributed by atoms with van der Waals surface area (Å²) in [4.78, 5) is 24.2. The van der Waals surface area contributed by atoms with Gasteiger partial charge in [0.05, 0.1) is 0 Å². The van der Waals surface area contributed by atoms with E-state index in [4.69, 9.17) is 11.5 Å². The molecule has 0 aliphatic carbocycles. The summed E-state index contributed by atoms with van der Waals surface area (Å²) in [5.74, 6) is -0.522. The number of anilines is 1. The fourth-order valence-electron chi connectivity index (χ4n) is 1.49. The number of hydrogen-bond acceptors (Lipinski definition) is 3. The highest BCUT2D eigenvalue weighted by Crippen LogP contribution is 2.14. The average Bonchev–Trinajstić information content (AvgIpc) is 2.30. The van der Waals surface area contributed by atoms with Crippen LogP contribution in [0, 0.1) is 0 Å². The van der Waals surface area contributed by atoms with Crippen LogP contribution in [0.3, 0.4) is 0 Å². The Morgan fingerprint density at radius 1 is 1.12 bits per heavy atom. The Bertz CT molecular complexity index is 379. The fraction of sp³-hybridized carbons (Fsp3) is 0.333. The molecule has 92 valence electrons. The first-order valence-electron chi connectivity index (χ1n) is 5.49. The van der Waals surface area contributed by atoms with Crippen molar-refractivity contribution in [3.8, 4) is 0 Å². The van der Waals surface area contributed by atoms with Crippen molar-refractivity contribution in [1.82, 2.24) is 0 Å². The zero-order valence-electron chi connectivity index (χ0n) is 9.63. The first kappa shape index (κ1) is 13.2. The number of nitrogens with two attached hydrogens (primary N) is 2. The predicted molar refractivity (Wildman–Crippen MR) is 66.3 cm³/mol. The lowest BCUT2D eigenvalue weighted by molar-refractivity contribution is -0.119. The summed E-state index contributed by atoms with van der Waals surface area (Å²) in [6, 6.07) is 9.17. The Morgan fingerprint density at radius 3 is 2.29 bits per heavy atom. The molecule has 1 aromatic carbocycles. The van der Waals surface area contributed by atoms with Gasteiger partial charge in [-0.3, -0.25) is 9.59 Å². The summed E-state index contributed by atoms with van der Waals surface area (Å²) in [6.07, 6.45) is 0.402. The molecule has 4 N–H and O–H groups in total. The first-order valence-corrected chi connectivity index (χ1v) is 5.49. The van der Waals surface area contributed by atoms with Gasteiger partial charge in [-0.2, -0.15) is 0 Å². The Labute approximate surface area is 100 Å². The molecule has 0 bridgehead atoms. The van der Waals surface area contributed by atoms with E-state index in [-0.39, 0.29) is 25.3 Å². The number of carbonyl (C=O) groups excluding carboxylic acids is 2. The third-order valence-electron chi connectivity index (χ3n) is 2.31. The molecule has 2 amide bonds. The lowest BCUT2D eigenvalue weighted by Gasteiger charge is -2.22. The Morgan fingerprint density at radius 2 is 1.76 bits per heavy atom. The van der Waals surface area contributed by atoms with Gasteiger partial charge in [0.15, 0.2) is 0 Å². The topological polar surface area (TPSA) is 89.4 Å². The van der Waals surface area contributed by atoms with Gasteiger partial charge in [0, 0.05) is 31.6 Å². The van der Waals surface area contributed by atoms with Gasteiger partial charge >= 0.3 is 0 Å². The summed E-state index contributed by atoms with van der Waals surface area (Å²) < 4.78 is 0. The van der Waals surface area contributed by atoms with E-state index in [2.05, 4.69) is 0 Å². The number of para-hydroxylation sites is 1. The highest BCUT2D eigenvalue weighted by molar-refractivity contribution is 5.94. The summed E-state index contributed by atoms with van der Waals surface area (Å²) >= 11 is 0. The van der Waals surface area contributed by atoms with Crippen LogP contribution in [0.4, 0.5) is 5.69 Å². The van der Waals surface area contributed by atoms with E-state index in [1.54, 1.807) is 0 Å². The molecule has 0 unspecified atom stereocenters. The SMILES string of the molecule is NCCC(=O)N(CCC(N)=O)c1ccccc1. The van der Waals surface area contributed by atoms with Crippen molar-refractivity contribution in [2.24, 2.45) is 11.5 Å². The molecule has 1 rings (SSSR count). The second-order valence-electron chi connectivity index (χ2n) is 3.64. The number of hydrogen-bond donors (Lipinski definition) is 2. The first-order chi connectivity index (χ1) is 8.15. The molecule has 17 heavy (non-hydrogen) atoms. The third-order valence-corrected chi connectivity index (χ3v) is 2.31. The molecule has 0 radical (unpaired) electrons. The largest absolute Gasteiger partial charge is 0.370 e. The van der Waals surface area contributed by atoms with Gasteiger partial charge in [0.25, 0.3) is 0 Å². The zero-order valence-corrected chi connectivity index (χ0v) is 9.63. The molecule has 0 fully saturated rings. The second-order valence-corrected chi connectivity index (χ2v) is 3.64. The third kappa shape index (κ3) is 4.24. The Hall–Kier alpha value is -1.88. The van der Waals surface area contributed by atoms with Gasteiger partial charge in [-0.25, -0.2) is 0 Å². The maximum absolute atomic E-state index is 11.9. The Balaban J connectivity index is 2.78. The van der Waals surface area contributed by atoms with Gasteiger partial charge in [0.1, 0.15) is 0 Å². The van der Waals surface area contributed by atoms with Crippen molar-refractivity contribution >= 4 is 17.5 Å². The van der Waals surface area contributed by atoms with E-state index in [0.29, 0.717) is 6.54 Å². The molecule has 0 heterocycles. The minimum Gasteiger partial charge on any atom is -0.370 e. The van der Waals surface area contributed by atoms with E-state index < -0.39 is 5.91 Å². The van der Waals surface area contributed by atoms with E-state index in [0.717, 1.165) is 5.69 Å². The highest BCUT2D eigenvalue weighted by Gasteiger charge is 2.15. The summed E-state index contributed by atoms with van der Waals surface area (Å²) in [5.41, 5.74) is 11.2. The van der Waals surface area contributed by atoms with Crippen molar-refractivity contribution in [2.75, 3.05) is 18.0 Å². The number of carbonyl (C=O) groups is 2. The maximum atomic E-state index is 11.9. The molecule has 0 saturated heterocycles. The highest BCUT2D eigenvalue weighted by atomic mass is 16.2. The Kier molecular flexibility index (Phi) is 5.16. The van der Waals surface area contributed by atoms with Crippen LogP contribution in [0.2, 0.25) is 0 Å². The summed E-state index contributed by atoms with van der Waals surface area (Å²) in [7, 11) is 0. The predicted octanol–water partition coefficient (Wildman–Crippen LogP) is 0.244. The van der Waals surface area contributed by atoms with Crippen LogP contribution in [0.25, 0.3) is 0 Å². The van der Waals surface area contributed by atoms with Crippen molar-refractivity contribution in [2.45, 2.75) is 12.8 Å². The van der Waals surface area contributed by atoms with Crippen molar-refractivity contribution in [1.29, 1.82) is 0 Å². The van der Waals surface area contributed by atoms with Crippen LogP contribution in [0.1, 0.15) is 12.8 Å². The van der Waals surface area contributed by atoms with Gasteiger partial charge in [0.2, 0.25) is 11.8 Å².